The van der Waals surface area contributed by atoms with Crippen LogP contribution in [0, 0.1) is 20.8 Å². The first-order valence-electron chi connectivity index (χ1n) is 15.4. The van der Waals surface area contributed by atoms with E-state index in [1.54, 1.807) is 12.2 Å². The summed E-state index contributed by atoms with van der Waals surface area (Å²) in [5.74, 6) is -0.236. The van der Waals surface area contributed by atoms with Gasteiger partial charge in [-0.15, -0.1) is 0 Å². The van der Waals surface area contributed by atoms with Crippen molar-refractivity contribution in [2.45, 2.75) is 73.1 Å². The molecule has 4 nitrogen and oxygen atoms in total. The molecule has 0 atom stereocenters. The van der Waals surface area contributed by atoms with Crippen LogP contribution in [-0.4, -0.2) is 11.8 Å². The molecule has 2 amide bonds. The number of carbonyl (C=O) groups is 2. The fourth-order valence-corrected chi connectivity index (χ4v) is 4.67. The van der Waals surface area contributed by atoms with Crippen molar-refractivity contribution in [3.05, 3.63) is 142 Å². The minimum absolute atomic E-state index is 0.116. The number of hydrogen-bond acceptors (Lipinski definition) is 2. The zero-order valence-corrected chi connectivity index (χ0v) is 28.3. The molecule has 0 bridgehead atoms. The van der Waals surface area contributed by atoms with Crippen LogP contribution in [0.5, 0.6) is 0 Å². The van der Waals surface area contributed by atoms with E-state index in [0.717, 1.165) is 39.2 Å². The van der Waals surface area contributed by atoms with E-state index in [-0.39, 0.29) is 22.6 Å². The molecule has 0 aliphatic carbocycles. The lowest BCUT2D eigenvalue weighted by molar-refractivity contribution is -0.112. The third-order valence-electron chi connectivity index (χ3n) is 7.18. The van der Waals surface area contributed by atoms with E-state index in [9.17, 15) is 9.59 Å². The molecule has 0 spiro atoms. The van der Waals surface area contributed by atoms with Crippen molar-refractivity contribution < 1.29 is 9.59 Å². The first-order chi connectivity index (χ1) is 21.1. The van der Waals surface area contributed by atoms with Crippen molar-refractivity contribution in [2.24, 2.45) is 0 Å². The van der Waals surface area contributed by atoms with Crippen molar-refractivity contribution in [1.82, 2.24) is 0 Å². The molecule has 0 fully saturated rings. The molecule has 4 aromatic rings. The van der Waals surface area contributed by atoms with E-state index in [1.807, 2.05) is 93.6 Å². The van der Waals surface area contributed by atoms with E-state index in [0.29, 0.717) is 0 Å². The van der Waals surface area contributed by atoms with Crippen molar-refractivity contribution in [3.63, 3.8) is 0 Å². The van der Waals surface area contributed by atoms with Crippen molar-refractivity contribution >= 4 is 35.3 Å². The fraction of sp³-hybridized carbons (Fsp3) is 0.268. The van der Waals surface area contributed by atoms with Crippen molar-refractivity contribution in [3.8, 4) is 0 Å². The molecule has 4 heteroatoms. The van der Waals surface area contributed by atoms with Gasteiger partial charge in [0.05, 0.1) is 0 Å². The first-order valence-corrected chi connectivity index (χ1v) is 15.4. The number of rotatable bonds is 6. The van der Waals surface area contributed by atoms with E-state index in [4.69, 9.17) is 0 Å². The summed E-state index contributed by atoms with van der Waals surface area (Å²) in [4.78, 5) is 24.0. The Morgan fingerprint density at radius 1 is 0.511 bits per heavy atom. The molecule has 0 unspecified atom stereocenters. The number of aryl methyl sites for hydroxylation is 3. The SMILES string of the molecule is Cc1cc(C)cc(NC(=O)/C=C/c2ccc(C(C)(C)C)cc2)c1.Cc1cccc(NC(=O)/C=C/c2ccc(C(C)(C)C)cc2)c1. The summed E-state index contributed by atoms with van der Waals surface area (Å²) < 4.78 is 0. The van der Waals surface area contributed by atoms with Crippen LogP contribution in [0.25, 0.3) is 12.2 Å². The second kappa shape index (κ2) is 15.3. The van der Waals surface area contributed by atoms with E-state index in [2.05, 4.69) is 82.5 Å². The van der Waals surface area contributed by atoms with Crippen LogP contribution in [0.4, 0.5) is 11.4 Å². The van der Waals surface area contributed by atoms with Gasteiger partial charge < -0.3 is 10.6 Å². The molecule has 234 valence electrons. The smallest absolute Gasteiger partial charge is 0.248 e. The van der Waals surface area contributed by atoms with Gasteiger partial charge in [0, 0.05) is 23.5 Å². The van der Waals surface area contributed by atoms with Crippen molar-refractivity contribution in [1.29, 1.82) is 0 Å². The Bertz CT molecular complexity index is 1630. The lowest BCUT2D eigenvalue weighted by Crippen LogP contribution is -2.10. The second-order valence-electron chi connectivity index (χ2n) is 13.6. The fourth-order valence-electron chi connectivity index (χ4n) is 4.67. The summed E-state index contributed by atoms with van der Waals surface area (Å²) in [5, 5.41) is 5.77. The maximum Gasteiger partial charge on any atom is 0.248 e. The molecule has 0 heterocycles. The topological polar surface area (TPSA) is 58.2 Å². The number of carbonyl (C=O) groups excluding carboxylic acids is 2. The Morgan fingerprint density at radius 3 is 1.31 bits per heavy atom. The van der Waals surface area contributed by atoms with Gasteiger partial charge >= 0.3 is 0 Å². The molecule has 45 heavy (non-hydrogen) atoms. The van der Waals surface area contributed by atoms with Gasteiger partial charge in [-0.25, -0.2) is 0 Å². The third-order valence-corrected chi connectivity index (χ3v) is 7.18. The molecule has 0 saturated heterocycles. The summed E-state index contributed by atoms with van der Waals surface area (Å²) >= 11 is 0. The van der Waals surface area contributed by atoms with Crippen molar-refractivity contribution in [2.75, 3.05) is 10.6 Å². The quantitative estimate of drug-likeness (QED) is 0.216. The number of amides is 2. The summed E-state index contributed by atoms with van der Waals surface area (Å²) in [6.45, 7) is 19.2. The molecule has 4 rings (SSSR count). The van der Waals surface area contributed by atoms with Crippen LogP contribution in [0.3, 0.4) is 0 Å². The monoisotopic (exact) mass is 600 g/mol. The van der Waals surface area contributed by atoms with Crippen LogP contribution in [0.2, 0.25) is 0 Å². The molecular formula is C41H48N2O2. The molecule has 2 N–H and O–H groups in total. The Labute approximate surface area is 270 Å². The van der Waals surface area contributed by atoms with Gasteiger partial charge in [-0.2, -0.15) is 0 Å². The molecule has 4 aromatic carbocycles. The van der Waals surface area contributed by atoms with Crippen LogP contribution < -0.4 is 10.6 Å². The predicted molar refractivity (Wildman–Crippen MR) is 193 cm³/mol. The predicted octanol–water partition coefficient (Wildman–Crippen LogP) is 10.2. The van der Waals surface area contributed by atoms with Gasteiger partial charge in [0.1, 0.15) is 0 Å². The summed E-state index contributed by atoms with van der Waals surface area (Å²) in [6, 6.07) is 30.4. The molecule has 0 saturated carbocycles. The highest BCUT2D eigenvalue weighted by Crippen LogP contribution is 2.23. The zero-order valence-electron chi connectivity index (χ0n) is 28.3. The Balaban J connectivity index is 0.000000246. The zero-order chi connectivity index (χ0) is 33.2. The summed E-state index contributed by atoms with van der Waals surface area (Å²) in [6.07, 6.45) is 6.81. The van der Waals surface area contributed by atoms with Crippen LogP contribution >= 0.6 is 0 Å². The number of anilines is 2. The highest BCUT2D eigenvalue weighted by Gasteiger charge is 2.13. The maximum absolute atomic E-state index is 12.0. The van der Waals surface area contributed by atoms with Gasteiger partial charge in [-0.1, -0.05) is 108 Å². The summed E-state index contributed by atoms with van der Waals surface area (Å²) in [7, 11) is 0. The highest BCUT2D eigenvalue weighted by molar-refractivity contribution is 6.02. The lowest BCUT2D eigenvalue weighted by atomic mass is 9.87. The normalized spacial score (nSPS) is 11.7. The van der Waals surface area contributed by atoms with Gasteiger partial charge in [0.25, 0.3) is 0 Å². The Kier molecular flexibility index (Phi) is 11.9. The van der Waals surface area contributed by atoms with E-state index >= 15 is 0 Å². The third kappa shape index (κ3) is 12.1. The molecule has 0 aliphatic heterocycles. The molecular weight excluding hydrogens is 552 g/mol. The van der Waals surface area contributed by atoms with Crippen LogP contribution in [0.15, 0.2) is 103 Å². The Morgan fingerprint density at radius 2 is 0.911 bits per heavy atom. The summed E-state index contributed by atoms with van der Waals surface area (Å²) in [5.41, 5.74) is 9.96. The number of benzene rings is 4. The van der Waals surface area contributed by atoms with Gasteiger partial charge in [0.2, 0.25) is 11.8 Å². The highest BCUT2D eigenvalue weighted by atomic mass is 16.2. The van der Waals surface area contributed by atoms with E-state index < -0.39 is 0 Å². The minimum atomic E-state index is -0.120. The average Bonchev–Trinajstić information content (AvgIpc) is 2.94. The number of hydrogen-bond donors (Lipinski definition) is 2. The van der Waals surface area contributed by atoms with Crippen LogP contribution in [-0.2, 0) is 20.4 Å². The lowest BCUT2D eigenvalue weighted by Gasteiger charge is -2.18. The molecule has 0 radical (unpaired) electrons. The van der Waals surface area contributed by atoms with Gasteiger partial charge in [-0.05, 0) is 107 Å². The second-order valence-corrected chi connectivity index (χ2v) is 13.6. The standard InChI is InChI=1S/C21H25NO.C20H23NO/c1-15-12-16(2)14-19(13-15)22-20(23)11-8-17-6-9-18(10-7-17)21(3,4)5;1-15-6-5-7-18(14-15)21-19(22)13-10-16-8-11-17(12-9-16)20(2,3)4/h6-14H,1-5H3,(H,22,23);5-14H,1-4H3,(H,21,22)/b11-8+;13-10+. The van der Waals surface area contributed by atoms with Gasteiger partial charge in [0.15, 0.2) is 0 Å². The first kappa shape index (κ1) is 34.8. The Hall–Kier alpha value is -4.70. The van der Waals surface area contributed by atoms with E-state index in [1.165, 1.54) is 11.1 Å². The average molecular weight is 601 g/mol. The largest absolute Gasteiger partial charge is 0.323 e. The van der Waals surface area contributed by atoms with Gasteiger partial charge in [-0.3, -0.25) is 9.59 Å². The molecule has 0 aliphatic rings. The van der Waals surface area contributed by atoms with Crippen LogP contribution in [0.1, 0.15) is 80.5 Å². The minimum Gasteiger partial charge on any atom is -0.323 e. The maximum atomic E-state index is 12.0. The number of nitrogens with one attached hydrogen (secondary N) is 2. The molecule has 0 aromatic heterocycles.